The predicted molar refractivity (Wildman–Crippen MR) is 71.2 cm³/mol. The molecule has 1 aromatic carbocycles. The predicted octanol–water partition coefficient (Wildman–Crippen LogP) is -0.818. The summed E-state index contributed by atoms with van der Waals surface area (Å²) >= 11 is 0. The first-order valence-corrected chi connectivity index (χ1v) is 7.50. The summed E-state index contributed by atoms with van der Waals surface area (Å²) in [5.74, 6) is -1.69. The minimum absolute atomic E-state index is 0.0887. The van der Waals surface area contributed by atoms with Gasteiger partial charge >= 0.3 is 5.97 Å². The van der Waals surface area contributed by atoms with Gasteiger partial charge in [-0.3, -0.25) is 9.59 Å². The number of ether oxygens (including phenoxy) is 1. The molecule has 0 atom stereocenters. The number of fused-ring (bicyclic) bond motifs is 1. The minimum Gasteiger partial charge on any atom is -0.493 e. The molecule has 1 aromatic rings. The zero-order chi connectivity index (χ0) is 15.6. The van der Waals surface area contributed by atoms with Gasteiger partial charge in [0, 0.05) is 6.42 Å². The van der Waals surface area contributed by atoms with Crippen molar-refractivity contribution in [3.05, 3.63) is 23.8 Å². The largest absolute Gasteiger partial charge is 0.493 e. The second kappa shape index (κ2) is 5.70. The molecular weight excluding hydrogens is 300 g/mol. The average molecular weight is 314 g/mol. The van der Waals surface area contributed by atoms with Crippen molar-refractivity contribution in [2.45, 2.75) is 11.3 Å². The van der Waals surface area contributed by atoms with Gasteiger partial charge in [-0.05, 0) is 23.8 Å². The smallest absolute Gasteiger partial charge is 0.318 e. The van der Waals surface area contributed by atoms with E-state index < -0.39 is 35.0 Å². The van der Waals surface area contributed by atoms with Crippen molar-refractivity contribution in [2.75, 3.05) is 19.7 Å². The van der Waals surface area contributed by atoms with Crippen molar-refractivity contribution in [2.24, 2.45) is 5.73 Å². The topological polar surface area (TPSA) is 127 Å². The first-order chi connectivity index (χ1) is 9.80. The van der Waals surface area contributed by atoms with Gasteiger partial charge in [-0.15, -0.1) is 0 Å². The third kappa shape index (κ3) is 3.31. The number of carbonyl (C=O) groups is 2. The van der Waals surface area contributed by atoms with Crippen molar-refractivity contribution in [1.82, 2.24) is 4.31 Å². The van der Waals surface area contributed by atoms with E-state index in [-0.39, 0.29) is 4.90 Å². The van der Waals surface area contributed by atoms with Gasteiger partial charge in [0.05, 0.1) is 18.0 Å². The molecule has 0 saturated heterocycles. The van der Waals surface area contributed by atoms with Crippen LogP contribution in [0.1, 0.15) is 5.56 Å². The molecule has 2 rings (SSSR count). The van der Waals surface area contributed by atoms with Gasteiger partial charge in [-0.25, -0.2) is 8.42 Å². The summed E-state index contributed by atoms with van der Waals surface area (Å²) in [5.41, 5.74) is 5.70. The number of nitrogens with two attached hydrogens (primary N) is 1. The fraction of sp³-hybridized carbons (Fsp3) is 0.333. The zero-order valence-corrected chi connectivity index (χ0v) is 11.8. The highest BCUT2D eigenvalue weighted by Crippen LogP contribution is 2.28. The Morgan fingerprint density at radius 1 is 1.33 bits per heavy atom. The Bertz CT molecular complexity index is 669. The van der Waals surface area contributed by atoms with Crippen LogP contribution in [0.25, 0.3) is 0 Å². The quantitative estimate of drug-likeness (QED) is 0.706. The number of carboxylic acid groups (broad SMARTS) is 1. The van der Waals surface area contributed by atoms with Crippen LogP contribution in [0.3, 0.4) is 0 Å². The van der Waals surface area contributed by atoms with E-state index in [9.17, 15) is 18.0 Å². The number of hydrogen-bond donors (Lipinski definition) is 2. The highest BCUT2D eigenvalue weighted by molar-refractivity contribution is 7.89. The Balaban J connectivity index is 2.37. The number of hydrogen-bond acceptors (Lipinski definition) is 5. The van der Waals surface area contributed by atoms with Crippen LogP contribution < -0.4 is 10.5 Å². The van der Waals surface area contributed by atoms with Gasteiger partial charge in [-0.1, -0.05) is 0 Å². The number of primary amides is 1. The summed E-state index contributed by atoms with van der Waals surface area (Å²) < 4.78 is 30.7. The maximum Gasteiger partial charge on any atom is 0.318 e. The number of benzene rings is 1. The monoisotopic (exact) mass is 314 g/mol. The van der Waals surface area contributed by atoms with Crippen LogP contribution in [0.5, 0.6) is 5.75 Å². The molecule has 1 aliphatic rings. The molecular formula is C12H14N2O6S. The molecule has 0 aliphatic carbocycles. The van der Waals surface area contributed by atoms with Crippen molar-refractivity contribution < 1.29 is 27.9 Å². The number of nitrogens with zero attached hydrogens (tertiary/aromatic N) is 1. The van der Waals surface area contributed by atoms with Crippen LogP contribution in [-0.2, 0) is 26.0 Å². The van der Waals surface area contributed by atoms with Crippen molar-refractivity contribution in [3.63, 3.8) is 0 Å². The number of amides is 1. The third-order valence-electron chi connectivity index (χ3n) is 2.94. The van der Waals surface area contributed by atoms with Gasteiger partial charge in [0.2, 0.25) is 15.9 Å². The van der Waals surface area contributed by atoms with E-state index in [1.807, 2.05) is 0 Å². The van der Waals surface area contributed by atoms with E-state index in [1.54, 1.807) is 0 Å². The summed E-state index contributed by atoms with van der Waals surface area (Å²) in [6.07, 6.45) is 0.577. The van der Waals surface area contributed by atoms with E-state index in [2.05, 4.69) is 0 Å². The standard InChI is InChI=1S/C12H14N2O6S/c13-11(15)6-14(7-12(16)17)21(18,19)9-1-2-10-8(5-9)3-4-20-10/h1-2,5H,3-4,6-7H2,(H2,13,15)(H,16,17). The van der Waals surface area contributed by atoms with Crippen LogP contribution in [-0.4, -0.2) is 49.4 Å². The molecule has 1 aliphatic heterocycles. The lowest BCUT2D eigenvalue weighted by Crippen LogP contribution is -2.41. The SMILES string of the molecule is NC(=O)CN(CC(=O)O)S(=O)(=O)c1ccc2c(c1)CCO2. The maximum atomic E-state index is 12.4. The maximum absolute atomic E-state index is 12.4. The number of carboxylic acids is 1. The lowest BCUT2D eigenvalue weighted by molar-refractivity contribution is -0.137. The Kier molecular flexibility index (Phi) is 4.14. The second-order valence-electron chi connectivity index (χ2n) is 4.50. The molecule has 0 bridgehead atoms. The molecule has 9 heteroatoms. The fourth-order valence-electron chi connectivity index (χ4n) is 2.02. The van der Waals surface area contributed by atoms with Crippen molar-refractivity contribution in [1.29, 1.82) is 0 Å². The van der Waals surface area contributed by atoms with Crippen LogP contribution >= 0.6 is 0 Å². The fourth-order valence-corrected chi connectivity index (χ4v) is 3.43. The van der Waals surface area contributed by atoms with E-state index in [4.69, 9.17) is 15.6 Å². The summed E-state index contributed by atoms with van der Waals surface area (Å²) in [6.45, 7) is -1.06. The lowest BCUT2D eigenvalue weighted by atomic mass is 10.2. The first kappa shape index (κ1) is 15.3. The average Bonchev–Trinajstić information content (AvgIpc) is 2.83. The molecule has 0 saturated carbocycles. The third-order valence-corrected chi connectivity index (χ3v) is 4.73. The molecule has 0 aromatic heterocycles. The molecule has 3 N–H and O–H groups in total. The zero-order valence-electron chi connectivity index (χ0n) is 11.0. The number of rotatable bonds is 6. The summed E-state index contributed by atoms with van der Waals surface area (Å²) in [5, 5.41) is 8.78. The summed E-state index contributed by atoms with van der Waals surface area (Å²) in [6, 6.07) is 4.25. The van der Waals surface area contributed by atoms with Gasteiger partial charge in [0.25, 0.3) is 0 Å². The number of aliphatic carboxylic acids is 1. The molecule has 0 unspecified atom stereocenters. The molecule has 1 amide bonds. The molecule has 0 radical (unpaired) electrons. The summed E-state index contributed by atoms with van der Waals surface area (Å²) in [7, 11) is -4.12. The van der Waals surface area contributed by atoms with Gasteiger partial charge in [0.15, 0.2) is 0 Å². The van der Waals surface area contributed by atoms with E-state index in [0.717, 1.165) is 5.56 Å². The number of carbonyl (C=O) groups excluding carboxylic acids is 1. The van der Waals surface area contributed by atoms with Crippen LogP contribution in [0, 0.1) is 0 Å². The van der Waals surface area contributed by atoms with Crippen molar-refractivity contribution >= 4 is 21.9 Å². The van der Waals surface area contributed by atoms with E-state index in [1.165, 1.54) is 18.2 Å². The highest BCUT2D eigenvalue weighted by Gasteiger charge is 2.29. The molecule has 114 valence electrons. The van der Waals surface area contributed by atoms with Crippen molar-refractivity contribution in [3.8, 4) is 5.75 Å². The van der Waals surface area contributed by atoms with Crippen LogP contribution in [0.4, 0.5) is 0 Å². The normalized spacial score (nSPS) is 13.8. The molecule has 0 fully saturated rings. The Labute approximate surface area is 121 Å². The Morgan fingerprint density at radius 3 is 2.67 bits per heavy atom. The van der Waals surface area contributed by atoms with Gasteiger partial charge in [0.1, 0.15) is 12.3 Å². The van der Waals surface area contributed by atoms with E-state index in [0.29, 0.717) is 23.1 Å². The molecule has 1 heterocycles. The lowest BCUT2D eigenvalue weighted by Gasteiger charge is -2.19. The molecule has 0 spiro atoms. The Morgan fingerprint density at radius 2 is 2.05 bits per heavy atom. The molecule has 8 nitrogen and oxygen atoms in total. The highest BCUT2D eigenvalue weighted by atomic mass is 32.2. The van der Waals surface area contributed by atoms with Gasteiger partial charge in [-0.2, -0.15) is 4.31 Å². The first-order valence-electron chi connectivity index (χ1n) is 6.06. The molecule has 21 heavy (non-hydrogen) atoms. The van der Waals surface area contributed by atoms with E-state index >= 15 is 0 Å². The number of sulfonamides is 1. The Hall–Kier alpha value is -2.13. The summed E-state index contributed by atoms with van der Waals surface area (Å²) in [4.78, 5) is 21.6. The minimum atomic E-state index is -4.12. The second-order valence-corrected chi connectivity index (χ2v) is 6.44. The van der Waals surface area contributed by atoms with Crippen LogP contribution in [0.15, 0.2) is 23.1 Å². The van der Waals surface area contributed by atoms with Gasteiger partial charge < -0.3 is 15.6 Å². The van der Waals surface area contributed by atoms with Crippen LogP contribution in [0.2, 0.25) is 0 Å².